The number of nitrogens with one attached hydrogen (secondary N) is 1. The van der Waals surface area contributed by atoms with E-state index in [1.807, 2.05) is 29.2 Å². The van der Waals surface area contributed by atoms with Crippen molar-refractivity contribution in [2.24, 2.45) is 4.99 Å². The number of aromatic nitrogens is 1. The first-order valence-electron chi connectivity index (χ1n) is 10.5. The summed E-state index contributed by atoms with van der Waals surface area (Å²) in [6.07, 6.45) is 3.24. The molecule has 1 atom stereocenters. The topological polar surface area (TPSA) is 83.2 Å². The molecule has 8 nitrogen and oxygen atoms in total. The third kappa shape index (κ3) is 5.76. The first kappa shape index (κ1) is 23.5. The fourth-order valence-corrected chi connectivity index (χ4v) is 3.83. The Bertz CT molecular complexity index is 885. The fraction of sp³-hybridized carbons (Fsp3) is 0.500. The average molecular weight is 539 g/mol. The summed E-state index contributed by atoms with van der Waals surface area (Å²) in [6, 6.07) is 8.11. The lowest BCUT2D eigenvalue weighted by Crippen LogP contribution is -2.55. The number of aliphatic imine (C=N–C) groups is 1. The molecule has 3 heterocycles. The second kappa shape index (κ2) is 10.9. The van der Waals surface area contributed by atoms with Crippen molar-refractivity contribution in [2.75, 3.05) is 39.8 Å². The number of rotatable bonds is 4. The summed E-state index contributed by atoms with van der Waals surface area (Å²) in [6.45, 7) is 6.12. The monoisotopic (exact) mass is 539 g/mol. The molecule has 1 N–H and O–H groups in total. The van der Waals surface area contributed by atoms with E-state index in [1.165, 1.54) is 5.56 Å². The number of guanidine groups is 1. The van der Waals surface area contributed by atoms with Gasteiger partial charge in [0.2, 0.25) is 5.89 Å². The standard InChI is InChI=1S/C22H29N5O3.HI/c1-16-5-7-17(8-6-16)20-25-18(15-30-20)14-24-22(23-2)27-11-9-26(10-12-27)21(28)19-4-3-13-29-19;/h5-8,15,19H,3-4,9-14H2,1-2H3,(H,23,24);1H. The fourth-order valence-electron chi connectivity index (χ4n) is 3.83. The molecule has 2 aliphatic heterocycles. The molecule has 0 saturated carbocycles. The van der Waals surface area contributed by atoms with Crippen molar-refractivity contribution < 1.29 is 13.9 Å². The highest BCUT2D eigenvalue weighted by Gasteiger charge is 2.30. The molecular weight excluding hydrogens is 509 g/mol. The highest BCUT2D eigenvalue weighted by atomic mass is 127. The molecule has 1 aromatic heterocycles. The van der Waals surface area contributed by atoms with Crippen molar-refractivity contribution in [2.45, 2.75) is 32.4 Å². The van der Waals surface area contributed by atoms with Crippen LogP contribution in [0.2, 0.25) is 0 Å². The molecule has 2 fully saturated rings. The number of halogens is 1. The molecule has 1 amide bonds. The van der Waals surface area contributed by atoms with Crippen molar-refractivity contribution >= 4 is 35.8 Å². The van der Waals surface area contributed by atoms with E-state index in [9.17, 15) is 4.79 Å². The van der Waals surface area contributed by atoms with Gasteiger partial charge in [0.15, 0.2) is 5.96 Å². The summed E-state index contributed by atoms with van der Waals surface area (Å²) in [5, 5.41) is 3.35. The summed E-state index contributed by atoms with van der Waals surface area (Å²) in [5.41, 5.74) is 2.98. The van der Waals surface area contributed by atoms with E-state index in [-0.39, 0.29) is 36.0 Å². The predicted molar refractivity (Wildman–Crippen MR) is 129 cm³/mol. The van der Waals surface area contributed by atoms with Gasteiger partial charge < -0.3 is 24.3 Å². The lowest BCUT2D eigenvalue weighted by Gasteiger charge is -2.37. The number of aryl methyl sites for hydroxylation is 1. The summed E-state index contributed by atoms with van der Waals surface area (Å²) < 4.78 is 11.2. The Hall–Kier alpha value is -2.14. The molecule has 1 unspecified atom stereocenters. The Kier molecular flexibility index (Phi) is 8.30. The molecule has 31 heavy (non-hydrogen) atoms. The normalized spacial score (nSPS) is 19.3. The Balaban J connectivity index is 0.00000272. The van der Waals surface area contributed by atoms with Gasteiger partial charge in [-0.1, -0.05) is 17.7 Å². The van der Waals surface area contributed by atoms with Crippen molar-refractivity contribution in [3.8, 4) is 11.5 Å². The average Bonchev–Trinajstić information content (AvgIpc) is 3.47. The van der Waals surface area contributed by atoms with E-state index < -0.39 is 0 Å². The quantitative estimate of drug-likeness (QED) is 0.366. The third-order valence-electron chi connectivity index (χ3n) is 5.59. The second-order valence-corrected chi connectivity index (χ2v) is 7.72. The molecule has 0 radical (unpaired) electrons. The van der Waals surface area contributed by atoms with Crippen molar-refractivity contribution in [1.82, 2.24) is 20.1 Å². The molecule has 2 aliphatic rings. The van der Waals surface area contributed by atoms with Gasteiger partial charge in [-0.25, -0.2) is 4.98 Å². The highest BCUT2D eigenvalue weighted by Crippen LogP contribution is 2.19. The van der Waals surface area contributed by atoms with Crippen LogP contribution in [0, 0.1) is 6.92 Å². The Labute approximate surface area is 200 Å². The zero-order valence-electron chi connectivity index (χ0n) is 18.0. The van der Waals surface area contributed by atoms with Gasteiger partial charge in [-0.05, 0) is 31.9 Å². The Morgan fingerprint density at radius 2 is 1.90 bits per heavy atom. The third-order valence-corrected chi connectivity index (χ3v) is 5.59. The zero-order chi connectivity index (χ0) is 20.9. The van der Waals surface area contributed by atoms with E-state index >= 15 is 0 Å². The molecule has 0 bridgehead atoms. The molecule has 0 aliphatic carbocycles. The number of amides is 1. The van der Waals surface area contributed by atoms with E-state index in [1.54, 1.807) is 13.3 Å². The molecular formula is C22H30IN5O3. The molecule has 4 rings (SSSR count). The van der Waals surface area contributed by atoms with Crippen LogP contribution in [-0.2, 0) is 16.1 Å². The molecule has 2 saturated heterocycles. The Morgan fingerprint density at radius 3 is 2.55 bits per heavy atom. The van der Waals surface area contributed by atoms with Gasteiger partial charge in [0, 0.05) is 45.4 Å². The second-order valence-electron chi connectivity index (χ2n) is 7.72. The van der Waals surface area contributed by atoms with Crippen LogP contribution in [0.3, 0.4) is 0 Å². The minimum absolute atomic E-state index is 0. The first-order chi connectivity index (χ1) is 14.6. The van der Waals surface area contributed by atoms with Gasteiger partial charge in [-0.3, -0.25) is 9.79 Å². The van der Waals surface area contributed by atoms with Gasteiger partial charge in [0.05, 0.1) is 12.2 Å². The van der Waals surface area contributed by atoms with Crippen LogP contribution in [0.4, 0.5) is 0 Å². The summed E-state index contributed by atoms with van der Waals surface area (Å²) >= 11 is 0. The largest absolute Gasteiger partial charge is 0.444 e. The molecule has 0 spiro atoms. The molecule has 9 heteroatoms. The number of carbonyl (C=O) groups is 1. The van der Waals surface area contributed by atoms with Gasteiger partial charge in [0.1, 0.15) is 12.4 Å². The minimum atomic E-state index is -0.246. The number of benzene rings is 1. The molecule has 1 aromatic carbocycles. The van der Waals surface area contributed by atoms with Crippen molar-refractivity contribution in [3.05, 3.63) is 41.8 Å². The number of ether oxygens (including phenoxy) is 1. The van der Waals surface area contributed by atoms with E-state index in [4.69, 9.17) is 9.15 Å². The lowest BCUT2D eigenvalue weighted by molar-refractivity contribution is -0.142. The number of piperazine rings is 1. The zero-order valence-corrected chi connectivity index (χ0v) is 20.4. The van der Waals surface area contributed by atoms with Gasteiger partial charge in [-0.15, -0.1) is 24.0 Å². The number of hydrogen-bond donors (Lipinski definition) is 1. The van der Waals surface area contributed by atoms with Crippen LogP contribution >= 0.6 is 24.0 Å². The lowest BCUT2D eigenvalue weighted by atomic mass is 10.1. The summed E-state index contributed by atoms with van der Waals surface area (Å²) in [4.78, 5) is 25.6. The maximum atomic E-state index is 12.5. The van der Waals surface area contributed by atoms with E-state index in [2.05, 4.69) is 27.1 Å². The van der Waals surface area contributed by atoms with E-state index in [0.29, 0.717) is 32.1 Å². The number of hydrogen-bond acceptors (Lipinski definition) is 5. The maximum Gasteiger partial charge on any atom is 0.251 e. The number of oxazole rings is 1. The number of nitrogens with zero attached hydrogens (tertiary/aromatic N) is 4. The van der Waals surface area contributed by atoms with Crippen molar-refractivity contribution in [1.29, 1.82) is 0 Å². The maximum absolute atomic E-state index is 12.5. The highest BCUT2D eigenvalue weighted by molar-refractivity contribution is 14.0. The van der Waals surface area contributed by atoms with Gasteiger partial charge in [-0.2, -0.15) is 0 Å². The summed E-state index contributed by atoms with van der Waals surface area (Å²) in [7, 11) is 1.77. The summed E-state index contributed by atoms with van der Waals surface area (Å²) in [5.74, 6) is 1.54. The van der Waals surface area contributed by atoms with Crippen LogP contribution in [0.5, 0.6) is 0 Å². The SMILES string of the molecule is CN=C(NCc1coc(-c2ccc(C)cc2)n1)N1CCN(C(=O)C2CCCO2)CC1.I. The van der Waals surface area contributed by atoms with Crippen LogP contribution < -0.4 is 5.32 Å². The number of carbonyl (C=O) groups excluding carboxylic acids is 1. The first-order valence-corrected chi connectivity index (χ1v) is 10.5. The predicted octanol–water partition coefficient (Wildman–Crippen LogP) is 2.67. The van der Waals surface area contributed by atoms with Gasteiger partial charge in [0.25, 0.3) is 5.91 Å². The minimum Gasteiger partial charge on any atom is -0.444 e. The van der Waals surface area contributed by atoms with Crippen LogP contribution in [0.25, 0.3) is 11.5 Å². The van der Waals surface area contributed by atoms with Crippen LogP contribution in [0.15, 0.2) is 39.9 Å². The molecule has 2 aromatic rings. The van der Waals surface area contributed by atoms with Gasteiger partial charge >= 0.3 is 0 Å². The Morgan fingerprint density at radius 1 is 1.19 bits per heavy atom. The van der Waals surface area contributed by atoms with Crippen LogP contribution in [0.1, 0.15) is 24.1 Å². The molecule has 168 valence electrons. The van der Waals surface area contributed by atoms with Crippen molar-refractivity contribution in [3.63, 3.8) is 0 Å². The smallest absolute Gasteiger partial charge is 0.251 e. The van der Waals surface area contributed by atoms with E-state index in [0.717, 1.165) is 43.1 Å². The van der Waals surface area contributed by atoms with Crippen LogP contribution in [-0.4, -0.2) is 72.6 Å².